The molecule has 1 unspecified atom stereocenters. The number of fused-ring (bicyclic) bond motifs is 1. The molecule has 6 heteroatoms. The first-order valence-corrected chi connectivity index (χ1v) is 6.31. The zero-order valence-corrected chi connectivity index (χ0v) is 11.6. The number of pyridine rings is 1. The van der Waals surface area contributed by atoms with Gasteiger partial charge in [-0.1, -0.05) is 13.8 Å². The molecule has 2 amide bonds. The smallest absolute Gasteiger partial charge is 0.270 e. The van der Waals surface area contributed by atoms with Crippen molar-refractivity contribution in [1.29, 1.82) is 0 Å². The van der Waals surface area contributed by atoms with Gasteiger partial charge in [-0.25, -0.2) is 4.98 Å². The van der Waals surface area contributed by atoms with Gasteiger partial charge in [0.25, 0.3) is 5.91 Å². The number of nitrogens with two attached hydrogens (primary N) is 1. The molecule has 0 radical (unpaired) electrons. The number of carbonyl (C=O) groups excluding carboxylic acids is 2. The maximum absolute atomic E-state index is 12.2. The maximum atomic E-state index is 12.2. The number of amides is 2. The van der Waals surface area contributed by atoms with E-state index in [0.29, 0.717) is 5.71 Å². The number of nitrogens with zero attached hydrogens (tertiary/aromatic N) is 1. The minimum Gasteiger partial charge on any atom is -0.446 e. The van der Waals surface area contributed by atoms with E-state index < -0.39 is 17.4 Å². The minimum atomic E-state index is -1.13. The summed E-state index contributed by atoms with van der Waals surface area (Å²) >= 11 is 0. The van der Waals surface area contributed by atoms with Crippen molar-refractivity contribution >= 4 is 22.9 Å². The van der Waals surface area contributed by atoms with Gasteiger partial charge in [0.1, 0.15) is 11.2 Å². The predicted octanol–water partition coefficient (Wildman–Crippen LogP) is 1.46. The van der Waals surface area contributed by atoms with Crippen LogP contribution in [0.2, 0.25) is 0 Å². The SMILES string of the molecule is CC(C)C(C)(NC(=O)c1ccc2ccoc2n1)C(N)=O. The minimum absolute atomic E-state index is 0.142. The zero-order valence-electron chi connectivity index (χ0n) is 11.6. The van der Waals surface area contributed by atoms with Gasteiger partial charge in [0.15, 0.2) is 0 Å². The summed E-state index contributed by atoms with van der Waals surface area (Å²) in [6.07, 6.45) is 1.50. The molecule has 0 aliphatic rings. The van der Waals surface area contributed by atoms with Crippen LogP contribution >= 0.6 is 0 Å². The Hall–Kier alpha value is -2.37. The van der Waals surface area contributed by atoms with Crippen molar-refractivity contribution in [3.63, 3.8) is 0 Å². The monoisotopic (exact) mass is 275 g/mol. The normalized spacial score (nSPS) is 14.2. The summed E-state index contributed by atoms with van der Waals surface area (Å²) in [7, 11) is 0. The topological polar surface area (TPSA) is 98.2 Å². The molecule has 2 aromatic heterocycles. The molecule has 2 heterocycles. The van der Waals surface area contributed by atoms with Crippen molar-refractivity contribution < 1.29 is 14.0 Å². The molecule has 0 spiro atoms. The fourth-order valence-corrected chi connectivity index (χ4v) is 1.76. The van der Waals surface area contributed by atoms with Crippen LogP contribution in [-0.2, 0) is 4.79 Å². The number of hydrogen-bond acceptors (Lipinski definition) is 4. The molecule has 1 atom stereocenters. The molecule has 0 aliphatic heterocycles. The van der Waals surface area contributed by atoms with Gasteiger partial charge >= 0.3 is 0 Å². The Kier molecular flexibility index (Phi) is 3.48. The average molecular weight is 275 g/mol. The van der Waals surface area contributed by atoms with E-state index in [1.807, 2.05) is 13.8 Å². The summed E-state index contributed by atoms with van der Waals surface area (Å²) in [5.74, 6) is -1.19. The van der Waals surface area contributed by atoms with Gasteiger partial charge in [-0.3, -0.25) is 9.59 Å². The Balaban J connectivity index is 2.28. The molecule has 3 N–H and O–H groups in total. The Morgan fingerprint density at radius 3 is 2.65 bits per heavy atom. The number of furan rings is 1. The van der Waals surface area contributed by atoms with E-state index in [2.05, 4.69) is 10.3 Å². The van der Waals surface area contributed by atoms with E-state index in [9.17, 15) is 9.59 Å². The molecule has 0 saturated heterocycles. The standard InChI is InChI=1S/C14H17N3O3/c1-8(2)14(3,13(15)19)17-11(18)10-5-4-9-6-7-20-12(9)16-10/h4-8H,1-3H3,(H2,15,19)(H,17,18). The summed E-state index contributed by atoms with van der Waals surface area (Å²) in [5.41, 5.74) is 4.81. The number of aromatic nitrogens is 1. The van der Waals surface area contributed by atoms with Crippen molar-refractivity contribution in [2.75, 3.05) is 0 Å². The summed E-state index contributed by atoms with van der Waals surface area (Å²) < 4.78 is 5.15. The third-order valence-corrected chi connectivity index (χ3v) is 3.59. The highest BCUT2D eigenvalue weighted by atomic mass is 16.3. The van der Waals surface area contributed by atoms with Crippen LogP contribution in [0.25, 0.3) is 11.1 Å². The molecule has 6 nitrogen and oxygen atoms in total. The molecular weight excluding hydrogens is 258 g/mol. The maximum Gasteiger partial charge on any atom is 0.270 e. The first kappa shape index (κ1) is 14.0. The molecule has 2 aromatic rings. The van der Waals surface area contributed by atoms with Gasteiger partial charge in [-0.05, 0) is 31.0 Å². The van der Waals surface area contributed by atoms with Crippen molar-refractivity contribution in [3.8, 4) is 0 Å². The van der Waals surface area contributed by atoms with Gasteiger partial charge in [0.2, 0.25) is 11.6 Å². The second-order valence-corrected chi connectivity index (χ2v) is 5.19. The van der Waals surface area contributed by atoms with Crippen LogP contribution in [0, 0.1) is 5.92 Å². The fraction of sp³-hybridized carbons (Fsp3) is 0.357. The fourth-order valence-electron chi connectivity index (χ4n) is 1.76. The van der Waals surface area contributed by atoms with Gasteiger partial charge < -0.3 is 15.5 Å². The van der Waals surface area contributed by atoms with Crippen LogP contribution in [0.3, 0.4) is 0 Å². The highest BCUT2D eigenvalue weighted by Crippen LogP contribution is 2.18. The molecule has 0 saturated carbocycles. The quantitative estimate of drug-likeness (QED) is 0.882. The van der Waals surface area contributed by atoms with Gasteiger partial charge in [0.05, 0.1) is 6.26 Å². The lowest BCUT2D eigenvalue weighted by Crippen LogP contribution is -2.58. The molecule has 0 fully saturated rings. The first-order chi connectivity index (χ1) is 9.34. The number of rotatable bonds is 4. The average Bonchev–Trinajstić information content (AvgIpc) is 2.84. The Labute approximate surface area is 116 Å². The van der Waals surface area contributed by atoms with Gasteiger partial charge in [0, 0.05) is 5.39 Å². The van der Waals surface area contributed by atoms with Gasteiger partial charge in [-0.15, -0.1) is 0 Å². The third-order valence-electron chi connectivity index (χ3n) is 3.59. The van der Waals surface area contributed by atoms with Crippen molar-refractivity contribution in [3.05, 3.63) is 30.2 Å². The van der Waals surface area contributed by atoms with E-state index >= 15 is 0 Å². The third kappa shape index (κ3) is 2.36. The molecule has 20 heavy (non-hydrogen) atoms. The Bertz CT molecular complexity index is 662. The predicted molar refractivity (Wildman–Crippen MR) is 73.9 cm³/mol. The largest absolute Gasteiger partial charge is 0.446 e. The van der Waals surface area contributed by atoms with Crippen LogP contribution in [0.4, 0.5) is 0 Å². The summed E-state index contributed by atoms with van der Waals surface area (Å²) in [6, 6.07) is 5.07. The van der Waals surface area contributed by atoms with Crippen molar-refractivity contribution in [2.24, 2.45) is 11.7 Å². The number of hydrogen-bond donors (Lipinski definition) is 2. The van der Waals surface area contributed by atoms with Crippen LogP contribution < -0.4 is 11.1 Å². The molecule has 0 bridgehead atoms. The summed E-state index contributed by atoms with van der Waals surface area (Å²) in [6.45, 7) is 5.23. The lowest BCUT2D eigenvalue weighted by atomic mass is 9.87. The number of carbonyl (C=O) groups is 2. The number of nitrogens with one attached hydrogen (secondary N) is 1. The highest BCUT2D eigenvalue weighted by Gasteiger charge is 2.36. The second-order valence-electron chi connectivity index (χ2n) is 5.19. The van der Waals surface area contributed by atoms with E-state index in [-0.39, 0.29) is 11.6 Å². The number of primary amides is 1. The highest BCUT2D eigenvalue weighted by molar-refractivity contribution is 5.98. The van der Waals surface area contributed by atoms with E-state index in [1.165, 1.54) is 6.26 Å². The lowest BCUT2D eigenvalue weighted by molar-refractivity contribution is -0.125. The second kappa shape index (κ2) is 4.96. The Morgan fingerprint density at radius 1 is 1.35 bits per heavy atom. The van der Waals surface area contributed by atoms with Crippen LogP contribution in [0.15, 0.2) is 28.9 Å². The Morgan fingerprint density at radius 2 is 2.05 bits per heavy atom. The molecule has 0 aliphatic carbocycles. The lowest BCUT2D eigenvalue weighted by Gasteiger charge is -2.31. The molecule has 0 aromatic carbocycles. The summed E-state index contributed by atoms with van der Waals surface area (Å²) in [4.78, 5) is 27.9. The van der Waals surface area contributed by atoms with Crippen LogP contribution in [0.1, 0.15) is 31.3 Å². The van der Waals surface area contributed by atoms with Crippen LogP contribution in [0.5, 0.6) is 0 Å². The first-order valence-electron chi connectivity index (χ1n) is 6.31. The van der Waals surface area contributed by atoms with E-state index in [0.717, 1.165) is 5.39 Å². The van der Waals surface area contributed by atoms with E-state index in [1.54, 1.807) is 25.1 Å². The molecule has 106 valence electrons. The van der Waals surface area contributed by atoms with Crippen molar-refractivity contribution in [2.45, 2.75) is 26.3 Å². The van der Waals surface area contributed by atoms with Gasteiger partial charge in [-0.2, -0.15) is 0 Å². The van der Waals surface area contributed by atoms with E-state index in [4.69, 9.17) is 10.2 Å². The molecule has 2 rings (SSSR count). The summed E-state index contributed by atoms with van der Waals surface area (Å²) in [5, 5.41) is 3.46. The zero-order chi connectivity index (χ0) is 14.9. The molecular formula is C14H17N3O3. The van der Waals surface area contributed by atoms with Crippen LogP contribution in [-0.4, -0.2) is 22.3 Å². The van der Waals surface area contributed by atoms with Crippen molar-refractivity contribution in [1.82, 2.24) is 10.3 Å².